The normalized spacial score (nSPS) is 13.3. The molecule has 4 heteroatoms. The summed E-state index contributed by atoms with van der Waals surface area (Å²) in [6.45, 7) is 4.31. The second-order valence-corrected chi connectivity index (χ2v) is 20.4. The lowest BCUT2D eigenvalue weighted by atomic mass is 10.0. The lowest BCUT2D eigenvalue weighted by Crippen LogP contribution is -2.45. The third kappa shape index (κ3) is 54.8. The standard InChI is InChI=1S/C64H117NO3/c1-3-5-7-9-11-13-15-17-19-21-23-25-27-29-30-31-32-33-34-36-38-40-42-44-46-48-50-52-54-56-58-60-64(68)65-62(61-66)63(67)59-57-55-53-51-49-47-45-43-41-39-37-35-28-26-24-22-20-18-16-14-12-10-8-6-4-2/h15,17,21,23,27,29,41,43,49,51,57,59,62-63,66-67H,3-14,16,18-20,22,24-26,28,30-40,42,44-48,50,52-56,58,60-61H2,1-2H3,(H,65,68)/b17-15-,23-21-,29-27-,43-41+,51-49+,59-57+. The summed E-state index contributed by atoms with van der Waals surface area (Å²) in [4.78, 5) is 12.5. The van der Waals surface area contributed by atoms with Crippen LogP contribution in [0.3, 0.4) is 0 Å². The molecule has 0 aliphatic carbocycles. The van der Waals surface area contributed by atoms with Crippen molar-refractivity contribution >= 4 is 5.91 Å². The van der Waals surface area contributed by atoms with Crippen molar-refractivity contribution in [2.24, 2.45) is 0 Å². The van der Waals surface area contributed by atoms with Crippen LogP contribution < -0.4 is 5.32 Å². The third-order valence-corrected chi connectivity index (χ3v) is 13.6. The molecule has 0 fully saturated rings. The molecule has 0 aromatic rings. The van der Waals surface area contributed by atoms with Gasteiger partial charge in [0.15, 0.2) is 0 Å². The number of rotatable bonds is 55. The Kier molecular flexibility index (Phi) is 57.3. The van der Waals surface area contributed by atoms with Crippen molar-refractivity contribution in [1.82, 2.24) is 5.32 Å². The molecule has 0 saturated heterocycles. The highest BCUT2D eigenvalue weighted by Crippen LogP contribution is 2.17. The third-order valence-electron chi connectivity index (χ3n) is 13.6. The molecule has 0 aliphatic heterocycles. The number of hydrogen-bond acceptors (Lipinski definition) is 3. The van der Waals surface area contributed by atoms with Crippen molar-refractivity contribution in [1.29, 1.82) is 0 Å². The molecule has 0 bridgehead atoms. The lowest BCUT2D eigenvalue weighted by Gasteiger charge is -2.19. The molecule has 0 radical (unpaired) electrons. The Morgan fingerprint density at radius 1 is 0.353 bits per heavy atom. The number of aliphatic hydroxyl groups excluding tert-OH is 2. The van der Waals surface area contributed by atoms with Gasteiger partial charge in [-0.1, -0.05) is 292 Å². The van der Waals surface area contributed by atoms with Gasteiger partial charge < -0.3 is 15.5 Å². The fraction of sp³-hybridized carbons (Fsp3) is 0.797. The minimum atomic E-state index is -0.874. The molecule has 0 aromatic carbocycles. The van der Waals surface area contributed by atoms with Crippen LogP contribution in [0.4, 0.5) is 0 Å². The topological polar surface area (TPSA) is 69.6 Å². The van der Waals surface area contributed by atoms with Gasteiger partial charge in [-0.3, -0.25) is 4.79 Å². The Labute approximate surface area is 425 Å². The molecule has 3 N–H and O–H groups in total. The van der Waals surface area contributed by atoms with E-state index in [0.29, 0.717) is 6.42 Å². The van der Waals surface area contributed by atoms with Gasteiger partial charge in [0, 0.05) is 6.42 Å². The first-order valence-corrected chi connectivity index (χ1v) is 30.2. The molecular weight excluding hydrogens is 831 g/mol. The van der Waals surface area contributed by atoms with Crippen LogP contribution in [0.25, 0.3) is 0 Å². The Morgan fingerprint density at radius 2 is 0.618 bits per heavy atom. The number of carbonyl (C=O) groups excluding carboxylic acids is 1. The number of nitrogens with one attached hydrogen (secondary N) is 1. The molecule has 396 valence electrons. The highest BCUT2D eigenvalue weighted by molar-refractivity contribution is 5.76. The number of aliphatic hydroxyl groups is 2. The van der Waals surface area contributed by atoms with Gasteiger partial charge in [-0.2, -0.15) is 0 Å². The van der Waals surface area contributed by atoms with Crippen LogP contribution >= 0.6 is 0 Å². The van der Waals surface area contributed by atoms with Crippen molar-refractivity contribution in [2.45, 2.75) is 321 Å². The van der Waals surface area contributed by atoms with E-state index >= 15 is 0 Å². The van der Waals surface area contributed by atoms with Gasteiger partial charge >= 0.3 is 0 Å². The SMILES string of the molecule is CCCCCCC/C=C\C/C=C\C/C=C\CCCCCCCCCCCCCCCCCCC(=O)NC(CO)C(O)/C=C/CC/C=C/CC/C=C/CCCCCCCCCCCCCCCCC. The molecule has 0 aromatic heterocycles. The summed E-state index contributed by atoms with van der Waals surface area (Å²) >= 11 is 0. The Bertz CT molecular complexity index is 1170. The molecule has 0 rings (SSSR count). The summed E-state index contributed by atoms with van der Waals surface area (Å²) in [5, 5.41) is 23.2. The summed E-state index contributed by atoms with van der Waals surface area (Å²) in [6, 6.07) is -0.649. The molecule has 0 spiro atoms. The Morgan fingerprint density at radius 3 is 0.956 bits per heavy atom. The molecule has 68 heavy (non-hydrogen) atoms. The molecule has 2 unspecified atom stereocenters. The van der Waals surface area contributed by atoms with Crippen LogP contribution in [-0.4, -0.2) is 34.9 Å². The predicted octanol–water partition coefficient (Wildman–Crippen LogP) is 20.1. The maximum atomic E-state index is 12.5. The number of unbranched alkanes of at least 4 members (excludes halogenated alkanes) is 38. The second kappa shape index (κ2) is 59.1. The van der Waals surface area contributed by atoms with E-state index in [1.807, 2.05) is 6.08 Å². The Balaban J connectivity index is 3.54. The van der Waals surface area contributed by atoms with Gasteiger partial charge in [0.05, 0.1) is 18.8 Å². The fourth-order valence-corrected chi connectivity index (χ4v) is 9.04. The van der Waals surface area contributed by atoms with Crippen molar-refractivity contribution in [3.8, 4) is 0 Å². The van der Waals surface area contributed by atoms with Crippen LogP contribution in [0.1, 0.15) is 309 Å². The maximum absolute atomic E-state index is 12.5. The van der Waals surface area contributed by atoms with E-state index in [0.717, 1.165) is 51.4 Å². The first-order valence-electron chi connectivity index (χ1n) is 30.2. The molecule has 4 nitrogen and oxygen atoms in total. The first kappa shape index (κ1) is 65.8. The van der Waals surface area contributed by atoms with Crippen molar-refractivity contribution in [3.63, 3.8) is 0 Å². The molecule has 2 atom stereocenters. The molecule has 0 saturated carbocycles. The Hall–Kier alpha value is -2.17. The summed E-state index contributed by atoms with van der Waals surface area (Å²) in [5.74, 6) is -0.0763. The van der Waals surface area contributed by atoms with Crippen LogP contribution in [0.2, 0.25) is 0 Å². The van der Waals surface area contributed by atoms with Crippen LogP contribution in [0, 0.1) is 0 Å². The van der Waals surface area contributed by atoms with Gasteiger partial charge in [-0.15, -0.1) is 0 Å². The highest BCUT2D eigenvalue weighted by atomic mass is 16.3. The van der Waals surface area contributed by atoms with Gasteiger partial charge in [0.25, 0.3) is 0 Å². The van der Waals surface area contributed by atoms with Gasteiger partial charge in [-0.25, -0.2) is 0 Å². The quantitative estimate of drug-likeness (QED) is 0.0420. The largest absolute Gasteiger partial charge is 0.394 e. The fourth-order valence-electron chi connectivity index (χ4n) is 9.04. The molecule has 0 aliphatic rings. The minimum Gasteiger partial charge on any atom is -0.394 e. The number of amides is 1. The average molecular weight is 949 g/mol. The van der Waals surface area contributed by atoms with E-state index in [1.54, 1.807) is 6.08 Å². The second-order valence-electron chi connectivity index (χ2n) is 20.4. The number of carbonyl (C=O) groups is 1. The van der Waals surface area contributed by atoms with E-state index < -0.39 is 12.1 Å². The number of hydrogen-bond donors (Lipinski definition) is 3. The maximum Gasteiger partial charge on any atom is 0.220 e. The zero-order chi connectivity index (χ0) is 49.2. The lowest BCUT2D eigenvalue weighted by molar-refractivity contribution is -0.123. The van der Waals surface area contributed by atoms with E-state index in [-0.39, 0.29) is 12.5 Å². The van der Waals surface area contributed by atoms with E-state index in [1.165, 1.54) is 238 Å². The van der Waals surface area contributed by atoms with Crippen LogP contribution in [-0.2, 0) is 4.79 Å². The van der Waals surface area contributed by atoms with Gasteiger partial charge in [0.1, 0.15) is 0 Å². The minimum absolute atomic E-state index is 0.0763. The van der Waals surface area contributed by atoms with E-state index in [9.17, 15) is 15.0 Å². The van der Waals surface area contributed by atoms with Crippen molar-refractivity contribution in [2.75, 3.05) is 6.61 Å². The smallest absolute Gasteiger partial charge is 0.220 e. The zero-order valence-corrected chi connectivity index (χ0v) is 45.6. The summed E-state index contributed by atoms with van der Waals surface area (Å²) < 4.78 is 0. The molecular formula is C64H117NO3. The number of allylic oxidation sites excluding steroid dienone is 11. The van der Waals surface area contributed by atoms with Crippen molar-refractivity contribution < 1.29 is 15.0 Å². The highest BCUT2D eigenvalue weighted by Gasteiger charge is 2.18. The predicted molar refractivity (Wildman–Crippen MR) is 304 cm³/mol. The van der Waals surface area contributed by atoms with Gasteiger partial charge in [-0.05, 0) is 83.5 Å². The van der Waals surface area contributed by atoms with E-state index in [2.05, 4.69) is 79.9 Å². The van der Waals surface area contributed by atoms with Crippen molar-refractivity contribution in [3.05, 3.63) is 72.9 Å². The first-order chi connectivity index (χ1) is 33.7. The molecule has 1 amide bonds. The summed E-state index contributed by atoms with van der Waals surface area (Å²) in [6.07, 6.45) is 85.1. The summed E-state index contributed by atoms with van der Waals surface area (Å²) in [7, 11) is 0. The van der Waals surface area contributed by atoms with Gasteiger partial charge in [0.2, 0.25) is 5.91 Å². The zero-order valence-electron chi connectivity index (χ0n) is 45.6. The van der Waals surface area contributed by atoms with Crippen LogP contribution in [0.5, 0.6) is 0 Å². The monoisotopic (exact) mass is 948 g/mol. The van der Waals surface area contributed by atoms with Crippen LogP contribution in [0.15, 0.2) is 72.9 Å². The molecule has 0 heterocycles. The van der Waals surface area contributed by atoms with E-state index in [4.69, 9.17) is 0 Å². The summed E-state index contributed by atoms with van der Waals surface area (Å²) in [5.41, 5.74) is 0. The average Bonchev–Trinajstić information content (AvgIpc) is 3.34.